The van der Waals surface area contributed by atoms with Crippen LogP contribution in [0.3, 0.4) is 0 Å². The summed E-state index contributed by atoms with van der Waals surface area (Å²) in [6.07, 6.45) is 2.39. The third-order valence-corrected chi connectivity index (χ3v) is 5.09. The largest absolute Gasteiger partial charge is 0.487 e. The van der Waals surface area contributed by atoms with Crippen LogP contribution in [0.2, 0.25) is 0 Å². The standard InChI is InChI=1S/C24H28N2O3/c1-4-19-7-11-21(12-8-19)26-22(15-18(3)25-26)16-29-23-13-9-20(10-14-23)6-5-17(2)24(27)28/h7-15,17H,4-6,16H2,1-3H3,(H,27,28). The van der Waals surface area contributed by atoms with Crippen LogP contribution in [-0.2, 0) is 24.2 Å². The van der Waals surface area contributed by atoms with Gasteiger partial charge in [-0.1, -0.05) is 38.1 Å². The number of hydrogen-bond acceptors (Lipinski definition) is 3. The molecule has 0 fully saturated rings. The van der Waals surface area contributed by atoms with E-state index in [1.807, 2.05) is 41.9 Å². The third kappa shape index (κ3) is 5.47. The molecule has 1 unspecified atom stereocenters. The molecular weight excluding hydrogens is 364 g/mol. The molecular formula is C24H28N2O3. The van der Waals surface area contributed by atoms with E-state index in [2.05, 4.69) is 36.3 Å². The molecule has 2 aromatic carbocycles. The van der Waals surface area contributed by atoms with E-state index >= 15 is 0 Å². The van der Waals surface area contributed by atoms with Crippen molar-refractivity contribution in [2.24, 2.45) is 5.92 Å². The molecule has 0 spiro atoms. The molecule has 0 aliphatic rings. The molecule has 0 radical (unpaired) electrons. The highest BCUT2D eigenvalue weighted by Gasteiger charge is 2.11. The lowest BCUT2D eigenvalue weighted by Gasteiger charge is -2.11. The molecule has 29 heavy (non-hydrogen) atoms. The Labute approximate surface area is 172 Å². The lowest BCUT2D eigenvalue weighted by molar-refractivity contribution is -0.141. The van der Waals surface area contributed by atoms with Gasteiger partial charge < -0.3 is 9.84 Å². The number of rotatable bonds is 9. The van der Waals surface area contributed by atoms with Crippen molar-refractivity contribution in [1.29, 1.82) is 0 Å². The Morgan fingerprint density at radius 2 is 1.76 bits per heavy atom. The van der Waals surface area contributed by atoms with Crippen LogP contribution in [0.4, 0.5) is 0 Å². The fourth-order valence-corrected chi connectivity index (χ4v) is 3.17. The maximum atomic E-state index is 10.9. The van der Waals surface area contributed by atoms with Gasteiger partial charge in [-0.3, -0.25) is 4.79 Å². The number of nitrogens with zero attached hydrogens (tertiary/aromatic N) is 2. The minimum atomic E-state index is -0.749. The van der Waals surface area contributed by atoms with Gasteiger partial charge in [-0.05, 0) is 67.6 Å². The van der Waals surface area contributed by atoms with Crippen LogP contribution in [0.5, 0.6) is 5.75 Å². The monoisotopic (exact) mass is 392 g/mol. The van der Waals surface area contributed by atoms with Crippen LogP contribution in [0.25, 0.3) is 5.69 Å². The maximum Gasteiger partial charge on any atom is 0.306 e. The number of carbonyl (C=O) groups is 1. The number of benzene rings is 2. The Morgan fingerprint density at radius 1 is 1.10 bits per heavy atom. The summed E-state index contributed by atoms with van der Waals surface area (Å²) in [4.78, 5) is 10.9. The second kappa shape index (κ2) is 9.41. The van der Waals surface area contributed by atoms with Gasteiger partial charge in [-0.25, -0.2) is 4.68 Å². The van der Waals surface area contributed by atoms with Crippen molar-refractivity contribution in [3.63, 3.8) is 0 Å². The zero-order valence-electron chi connectivity index (χ0n) is 17.3. The summed E-state index contributed by atoms with van der Waals surface area (Å²) >= 11 is 0. The topological polar surface area (TPSA) is 64.4 Å². The van der Waals surface area contributed by atoms with E-state index in [9.17, 15) is 4.79 Å². The van der Waals surface area contributed by atoms with Gasteiger partial charge in [-0.15, -0.1) is 0 Å². The van der Waals surface area contributed by atoms with Gasteiger partial charge in [0.1, 0.15) is 12.4 Å². The molecule has 0 saturated heterocycles. The summed E-state index contributed by atoms with van der Waals surface area (Å²) in [6, 6.07) is 18.3. The molecule has 0 bridgehead atoms. The smallest absolute Gasteiger partial charge is 0.306 e. The number of aromatic nitrogens is 2. The first-order chi connectivity index (χ1) is 14.0. The highest BCUT2D eigenvalue weighted by molar-refractivity contribution is 5.69. The predicted octanol–water partition coefficient (Wildman–Crippen LogP) is 4.98. The van der Waals surface area contributed by atoms with E-state index < -0.39 is 5.97 Å². The number of aryl methyl sites for hydroxylation is 3. The molecule has 5 heteroatoms. The van der Waals surface area contributed by atoms with Gasteiger partial charge in [0.05, 0.1) is 23.0 Å². The fraction of sp³-hybridized carbons (Fsp3) is 0.333. The number of carboxylic acid groups (broad SMARTS) is 1. The lowest BCUT2D eigenvalue weighted by atomic mass is 10.0. The molecule has 1 heterocycles. The zero-order chi connectivity index (χ0) is 20.8. The SMILES string of the molecule is CCc1ccc(-n2nc(C)cc2COc2ccc(CCC(C)C(=O)O)cc2)cc1. The van der Waals surface area contributed by atoms with Crippen molar-refractivity contribution in [2.75, 3.05) is 0 Å². The third-order valence-electron chi connectivity index (χ3n) is 5.09. The normalized spacial score (nSPS) is 12.0. The molecule has 3 rings (SSSR count). The number of ether oxygens (including phenoxy) is 1. The first kappa shape index (κ1) is 20.6. The van der Waals surface area contributed by atoms with E-state index in [0.717, 1.165) is 41.2 Å². The number of carboxylic acids is 1. The second-order valence-corrected chi connectivity index (χ2v) is 7.42. The Balaban J connectivity index is 1.63. The maximum absolute atomic E-state index is 10.9. The molecule has 5 nitrogen and oxygen atoms in total. The minimum Gasteiger partial charge on any atom is -0.487 e. The highest BCUT2D eigenvalue weighted by atomic mass is 16.5. The van der Waals surface area contributed by atoms with Gasteiger partial charge >= 0.3 is 5.97 Å². The van der Waals surface area contributed by atoms with Crippen molar-refractivity contribution >= 4 is 5.97 Å². The lowest BCUT2D eigenvalue weighted by Crippen LogP contribution is -2.10. The Hall–Kier alpha value is -3.08. The zero-order valence-corrected chi connectivity index (χ0v) is 17.3. The minimum absolute atomic E-state index is 0.333. The summed E-state index contributed by atoms with van der Waals surface area (Å²) in [6.45, 7) is 6.28. The first-order valence-electron chi connectivity index (χ1n) is 10.1. The summed E-state index contributed by atoms with van der Waals surface area (Å²) in [5.74, 6) is -0.297. The second-order valence-electron chi connectivity index (χ2n) is 7.42. The van der Waals surface area contributed by atoms with Gasteiger partial charge in [0.15, 0.2) is 0 Å². The van der Waals surface area contributed by atoms with E-state index in [1.165, 1.54) is 5.56 Å². The van der Waals surface area contributed by atoms with Gasteiger partial charge in [0, 0.05) is 0 Å². The molecule has 1 aromatic heterocycles. The molecule has 0 aliphatic heterocycles. The van der Waals surface area contributed by atoms with Crippen LogP contribution in [-0.4, -0.2) is 20.9 Å². The summed E-state index contributed by atoms with van der Waals surface area (Å²) < 4.78 is 7.90. The Kier molecular flexibility index (Phi) is 6.70. The molecule has 0 saturated carbocycles. The quantitative estimate of drug-likeness (QED) is 0.558. The summed E-state index contributed by atoms with van der Waals surface area (Å²) in [7, 11) is 0. The van der Waals surface area contributed by atoms with E-state index in [-0.39, 0.29) is 5.92 Å². The van der Waals surface area contributed by atoms with Crippen LogP contribution in [0, 0.1) is 12.8 Å². The van der Waals surface area contributed by atoms with Crippen LogP contribution < -0.4 is 4.74 Å². The molecule has 1 N–H and O–H groups in total. The van der Waals surface area contributed by atoms with Crippen LogP contribution in [0.1, 0.15) is 42.8 Å². The molecule has 152 valence electrons. The average Bonchev–Trinajstić information content (AvgIpc) is 3.11. The van der Waals surface area contributed by atoms with Crippen molar-refractivity contribution in [2.45, 2.75) is 46.6 Å². The predicted molar refractivity (Wildman–Crippen MR) is 114 cm³/mol. The molecule has 1 atom stereocenters. The Morgan fingerprint density at radius 3 is 2.38 bits per heavy atom. The van der Waals surface area contributed by atoms with Crippen molar-refractivity contribution in [1.82, 2.24) is 9.78 Å². The molecule has 0 aliphatic carbocycles. The summed E-state index contributed by atoms with van der Waals surface area (Å²) in [5, 5.41) is 13.6. The first-order valence-corrected chi connectivity index (χ1v) is 10.1. The van der Waals surface area contributed by atoms with E-state index in [4.69, 9.17) is 9.84 Å². The van der Waals surface area contributed by atoms with Gasteiger partial charge in [0.25, 0.3) is 0 Å². The van der Waals surface area contributed by atoms with Crippen molar-refractivity contribution < 1.29 is 14.6 Å². The van der Waals surface area contributed by atoms with Crippen LogP contribution >= 0.6 is 0 Å². The molecule has 0 amide bonds. The Bertz CT molecular complexity index is 943. The van der Waals surface area contributed by atoms with Crippen LogP contribution in [0.15, 0.2) is 54.6 Å². The van der Waals surface area contributed by atoms with Crippen molar-refractivity contribution in [3.8, 4) is 11.4 Å². The molecule has 3 aromatic rings. The van der Waals surface area contributed by atoms with E-state index in [1.54, 1.807) is 6.92 Å². The number of aliphatic carboxylic acids is 1. The van der Waals surface area contributed by atoms with Crippen molar-refractivity contribution in [3.05, 3.63) is 77.1 Å². The number of hydrogen-bond donors (Lipinski definition) is 1. The summed E-state index contributed by atoms with van der Waals surface area (Å²) in [5.41, 5.74) is 5.38. The fourth-order valence-electron chi connectivity index (χ4n) is 3.17. The van der Waals surface area contributed by atoms with Gasteiger partial charge in [-0.2, -0.15) is 5.10 Å². The van der Waals surface area contributed by atoms with E-state index in [0.29, 0.717) is 13.0 Å². The van der Waals surface area contributed by atoms with Gasteiger partial charge in [0.2, 0.25) is 0 Å². The average molecular weight is 392 g/mol. The highest BCUT2D eigenvalue weighted by Crippen LogP contribution is 2.19.